The van der Waals surface area contributed by atoms with E-state index in [1.54, 1.807) is 6.20 Å². The minimum Gasteiger partial charge on any atom is -0.349 e. The summed E-state index contributed by atoms with van der Waals surface area (Å²) in [4.78, 5) is 16.7. The number of halogens is 1. The Bertz CT molecular complexity index is 1080. The Morgan fingerprint density at radius 3 is 2.90 bits per heavy atom. The molecule has 1 aromatic carbocycles. The number of rotatable bonds is 6. The Morgan fingerprint density at radius 1 is 1.20 bits per heavy atom. The van der Waals surface area contributed by atoms with Crippen molar-refractivity contribution >= 4 is 57.1 Å². The highest BCUT2D eigenvalue weighted by Gasteiger charge is 2.19. The molecular weight excluding hydrogens is 507 g/mol. The van der Waals surface area contributed by atoms with E-state index >= 15 is 0 Å². The Balaban J connectivity index is 1.59. The number of benzene rings is 1. The highest BCUT2D eigenvalue weighted by Crippen LogP contribution is 2.34. The molecule has 0 aliphatic carbocycles. The van der Waals surface area contributed by atoms with Gasteiger partial charge in [-0.05, 0) is 85.9 Å². The fourth-order valence-corrected chi connectivity index (χ4v) is 4.20. The lowest BCUT2D eigenvalue weighted by Crippen LogP contribution is -2.13. The smallest absolute Gasteiger partial charge is 0.227 e. The Hall–Kier alpha value is -2.17. The predicted molar refractivity (Wildman–Crippen MR) is 135 cm³/mol. The molecule has 0 unspecified atom stereocenters. The zero-order valence-corrected chi connectivity index (χ0v) is 19.9. The normalized spacial score (nSPS) is 12.7. The van der Waals surface area contributed by atoms with Crippen molar-refractivity contribution in [3.63, 3.8) is 0 Å². The van der Waals surface area contributed by atoms with Crippen LogP contribution in [-0.4, -0.2) is 45.5 Å². The third-order valence-electron chi connectivity index (χ3n) is 4.85. The molecule has 0 saturated heterocycles. The number of hydrogen-bond acceptors (Lipinski definition) is 6. The zero-order valence-electron chi connectivity index (χ0n) is 16.9. The molecule has 0 amide bonds. The van der Waals surface area contributed by atoms with Gasteiger partial charge in [-0.25, -0.2) is 9.97 Å². The number of aryl methyl sites for hydroxylation is 1. The number of aromatic nitrogens is 3. The lowest BCUT2D eigenvalue weighted by atomic mass is 10.1. The van der Waals surface area contributed by atoms with E-state index in [9.17, 15) is 0 Å². The summed E-state index contributed by atoms with van der Waals surface area (Å²) in [5.41, 5.74) is 6.04. The number of thiocarbonyl (C=S) groups is 1. The van der Waals surface area contributed by atoms with Gasteiger partial charge in [0.2, 0.25) is 5.95 Å². The molecule has 1 aliphatic heterocycles. The van der Waals surface area contributed by atoms with Crippen LogP contribution in [0.3, 0.4) is 0 Å². The quantitative estimate of drug-likeness (QED) is 0.355. The van der Waals surface area contributed by atoms with Crippen molar-refractivity contribution < 1.29 is 0 Å². The fourth-order valence-electron chi connectivity index (χ4n) is 3.44. The first kappa shape index (κ1) is 21.1. The van der Waals surface area contributed by atoms with Crippen LogP contribution >= 0.6 is 34.8 Å². The molecule has 6 nitrogen and oxygen atoms in total. The Labute approximate surface area is 195 Å². The van der Waals surface area contributed by atoms with E-state index in [1.807, 2.05) is 12.4 Å². The van der Waals surface area contributed by atoms with Crippen LogP contribution in [0.4, 0.5) is 17.3 Å². The van der Waals surface area contributed by atoms with Crippen molar-refractivity contribution in [2.24, 2.45) is 0 Å². The van der Waals surface area contributed by atoms with Crippen molar-refractivity contribution in [3.05, 3.63) is 57.6 Å². The Kier molecular flexibility index (Phi) is 6.55. The summed E-state index contributed by atoms with van der Waals surface area (Å²) in [5, 5.41) is 6.66. The maximum atomic E-state index is 5.49. The lowest BCUT2D eigenvalue weighted by Gasteiger charge is -2.12. The zero-order chi connectivity index (χ0) is 21.1. The molecule has 1 aliphatic rings. The van der Waals surface area contributed by atoms with Crippen molar-refractivity contribution in [3.8, 4) is 11.3 Å². The number of nitrogens with zero attached hydrogens (tertiary/aromatic N) is 4. The summed E-state index contributed by atoms with van der Waals surface area (Å²) in [6.07, 6.45) is 8.29. The van der Waals surface area contributed by atoms with E-state index in [2.05, 4.69) is 86.5 Å². The first-order valence-corrected chi connectivity index (χ1v) is 11.3. The minimum absolute atomic E-state index is 0.554. The monoisotopic (exact) mass is 530 g/mol. The molecule has 0 saturated carbocycles. The molecule has 0 fully saturated rings. The van der Waals surface area contributed by atoms with Crippen molar-refractivity contribution in [2.45, 2.75) is 19.3 Å². The summed E-state index contributed by atoms with van der Waals surface area (Å²) in [5.74, 6) is 0.554. The van der Waals surface area contributed by atoms with Gasteiger partial charge >= 0.3 is 0 Å². The van der Waals surface area contributed by atoms with Crippen molar-refractivity contribution in [1.29, 1.82) is 0 Å². The van der Waals surface area contributed by atoms with Crippen LogP contribution < -0.4 is 10.6 Å². The van der Waals surface area contributed by atoms with Crippen LogP contribution in [0.25, 0.3) is 11.3 Å². The summed E-state index contributed by atoms with van der Waals surface area (Å²) in [6.45, 7) is 1.06. The molecule has 0 radical (unpaired) electrons. The van der Waals surface area contributed by atoms with E-state index in [0.717, 1.165) is 56.1 Å². The maximum Gasteiger partial charge on any atom is 0.227 e. The van der Waals surface area contributed by atoms with Gasteiger partial charge in [0, 0.05) is 39.2 Å². The van der Waals surface area contributed by atoms with Crippen LogP contribution in [0.5, 0.6) is 0 Å². The molecule has 3 aromatic rings. The average molecular weight is 530 g/mol. The number of hydrogen-bond donors (Lipinski definition) is 2. The molecule has 0 spiro atoms. The molecule has 30 heavy (non-hydrogen) atoms. The van der Waals surface area contributed by atoms with Crippen LogP contribution in [0.2, 0.25) is 0 Å². The van der Waals surface area contributed by atoms with Gasteiger partial charge in [0.25, 0.3) is 0 Å². The fraction of sp³-hybridized carbons (Fsp3) is 0.273. The van der Waals surface area contributed by atoms with Gasteiger partial charge < -0.3 is 15.5 Å². The molecule has 0 atom stereocenters. The molecule has 154 valence electrons. The van der Waals surface area contributed by atoms with Gasteiger partial charge in [0.05, 0.1) is 22.6 Å². The van der Waals surface area contributed by atoms with Crippen molar-refractivity contribution in [1.82, 2.24) is 19.9 Å². The van der Waals surface area contributed by atoms with E-state index in [0.29, 0.717) is 12.4 Å². The molecule has 3 heterocycles. The highest BCUT2D eigenvalue weighted by atomic mass is 127. The van der Waals surface area contributed by atoms with Gasteiger partial charge in [0.1, 0.15) is 0 Å². The standard InChI is InChI=1S/C22H23IN6S/c1-29(2)7-3-4-14-8-17(13-24-11-14)26-22-25-12-15-9-20(30)27-19-10-16(23)5-6-18(19)21(15)28-22/h5-6,8,10-13H,3-4,7,9H2,1-2H3,(H,27,30)(H,25,26,28). The Morgan fingerprint density at radius 2 is 2.07 bits per heavy atom. The predicted octanol–water partition coefficient (Wildman–Crippen LogP) is 4.68. The molecule has 4 rings (SSSR count). The second-order valence-corrected chi connectivity index (χ2v) is 9.33. The van der Waals surface area contributed by atoms with Gasteiger partial charge in [-0.15, -0.1) is 0 Å². The summed E-state index contributed by atoms with van der Waals surface area (Å²) < 4.78 is 1.15. The second kappa shape index (κ2) is 9.32. The molecule has 2 aromatic heterocycles. The molecular formula is C22H23IN6S. The second-order valence-electron chi connectivity index (χ2n) is 7.60. The van der Waals surface area contributed by atoms with Crippen LogP contribution in [0.1, 0.15) is 17.5 Å². The summed E-state index contributed by atoms with van der Waals surface area (Å²) in [7, 11) is 4.18. The van der Waals surface area contributed by atoms with Gasteiger partial charge in [-0.2, -0.15) is 0 Å². The lowest BCUT2D eigenvalue weighted by molar-refractivity contribution is 0.400. The van der Waals surface area contributed by atoms with E-state index in [1.165, 1.54) is 5.56 Å². The van der Waals surface area contributed by atoms with Gasteiger partial charge in [-0.3, -0.25) is 4.98 Å². The SMILES string of the molecule is CN(C)CCCc1cncc(Nc2ncc3c(n2)-c2ccc(I)cc2NC(=S)C3)c1. The van der Waals surface area contributed by atoms with E-state index in [4.69, 9.17) is 17.2 Å². The van der Waals surface area contributed by atoms with Crippen LogP contribution in [0, 0.1) is 3.57 Å². The largest absolute Gasteiger partial charge is 0.349 e. The third-order valence-corrected chi connectivity index (χ3v) is 5.77. The molecule has 2 N–H and O–H groups in total. The van der Waals surface area contributed by atoms with Gasteiger partial charge in [0.15, 0.2) is 0 Å². The molecule has 0 bridgehead atoms. The van der Waals surface area contributed by atoms with Gasteiger partial charge in [-0.1, -0.05) is 12.2 Å². The third kappa shape index (κ3) is 5.11. The minimum atomic E-state index is 0.554. The number of fused-ring (bicyclic) bond motifs is 3. The average Bonchev–Trinajstić information content (AvgIpc) is 2.82. The summed E-state index contributed by atoms with van der Waals surface area (Å²) >= 11 is 7.80. The summed E-state index contributed by atoms with van der Waals surface area (Å²) in [6, 6.07) is 8.37. The molecule has 8 heteroatoms. The first-order chi connectivity index (χ1) is 14.5. The number of nitrogens with one attached hydrogen (secondary N) is 2. The highest BCUT2D eigenvalue weighted by molar-refractivity contribution is 14.1. The van der Waals surface area contributed by atoms with Crippen LogP contribution in [-0.2, 0) is 12.8 Å². The maximum absolute atomic E-state index is 5.49. The van der Waals surface area contributed by atoms with Crippen LogP contribution in [0.15, 0.2) is 42.9 Å². The number of anilines is 3. The van der Waals surface area contributed by atoms with E-state index in [-0.39, 0.29) is 0 Å². The van der Waals surface area contributed by atoms with E-state index < -0.39 is 0 Å². The first-order valence-electron chi connectivity index (χ1n) is 9.79. The topological polar surface area (TPSA) is 66.0 Å². The van der Waals surface area contributed by atoms with Crippen molar-refractivity contribution in [2.75, 3.05) is 31.3 Å². The number of pyridine rings is 1.